The summed E-state index contributed by atoms with van der Waals surface area (Å²) in [5, 5.41) is 0.502. The van der Waals surface area contributed by atoms with Crippen molar-refractivity contribution in [3.8, 4) is 0 Å². The maximum atomic E-state index is 11.3. The van der Waals surface area contributed by atoms with E-state index in [4.69, 9.17) is 4.74 Å². The van der Waals surface area contributed by atoms with E-state index in [1.54, 1.807) is 0 Å². The highest BCUT2D eigenvalue weighted by Gasteiger charge is 2.06. The van der Waals surface area contributed by atoms with Gasteiger partial charge in [0, 0.05) is 11.7 Å². The number of carbonyl (C=O) groups excluding carboxylic acids is 1. The smallest absolute Gasteiger partial charge is 0.306 e. The summed E-state index contributed by atoms with van der Waals surface area (Å²) in [4.78, 5) is 11.3. The van der Waals surface area contributed by atoms with Crippen molar-refractivity contribution in [3.05, 3.63) is 0 Å². The summed E-state index contributed by atoms with van der Waals surface area (Å²) in [6, 6.07) is 0. The first-order valence-electron chi connectivity index (χ1n) is 6.93. The second-order valence-corrected chi connectivity index (χ2v) is 5.66. The molecule has 0 N–H and O–H groups in total. The van der Waals surface area contributed by atoms with Gasteiger partial charge >= 0.3 is 5.97 Å². The summed E-state index contributed by atoms with van der Waals surface area (Å²) in [7, 11) is 0. The lowest BCUT2D eigenvalue weighted by Gasteiger charge is -2.10. The third-order valence-electron chi connectivity index (χ3n) is 2.68. The predicted octanol–water partition coefficient (Wildman–Crippen LogP) is 4.38. The molecule has 0 saturated carbocycles. The van der Waals surface area contributed by atoms with Gasteiger partial charge in [-0.25, -0.2) is 0 Å². The molecule has 0 aliphatic heterocycles. The Balaban J connectivity index is 3.35. The Kier molecular flexibility index (Phi) is 10.8. The molecule has 0 bridgehead atoms. The molecule has 1 unspecified atom stereocenters. The summed E-state index contributed by atoms with van der Waals surface area (Å²) < 4.78 is 5.08. The summed E-state index contributed by atoms with van der Waals surface area (Å²) in [5.74, 6) is -0.0679. The Bertz CT molecular complexity index is 193. The van der Waals surface area contributed by atoms with Crippen molar-refractivity contribution in [2.75, 3.05) is 0 Å². The van der Waals surface area contributed by atoms with Crippen molar-refractivity contribution >= 4 is 18.6 Å². The average Bonchev–Trinajstić information content (AvgIpc) is 2.24. The van der Waals surface area contributed by atoms with Crippen LogP contribution in [0.1, 0.15) is 72.1 Å². The molecule has 0 aliphatic rings. The number of unbranched alkanes of at least 4 members (excludes halogenated alkanes) is 3. The summed E-state index contributed by atoms with van der Waals surface area (Å²) in [6.45, 7) is 5.98. The number of carbonyl (C=O) groups is 1. The topological polar surface area (TPSA) is 26.3 Å². The largest absolute Gasteiger partial charge is 0.463 e. The molecule has 1 atom stereocenters. The van der Waals surface area contributed by atoms with Gasteiger partial charge in [-0.15, -0.1) is 0 Å². The second-order valence-electron chi connectivity index (χ2n) is 4.93. The molecule has 0 heterocycles. The normalized spacial score (nSPS) is 12.8. The molecule has 0 rings (SSSR count). The molecular formula is C14H28O2S. The highest BCUT2D eigenvalue weighted by Crippen LogP contribution is 2.15. The zero-order valence-corrected chi connectivity index (χ0v) is 12.5. The lowest BCUT2D eigenvalue weighted by atomic mass is 10.1. The zero-order chi connectivity index (χ0) is 13.1. The lowest BCUT2D eigenvalue weighted by molar-refractivity contribution is -0.147. The van der Waals surface area contributed by atoms with Gasteiger partial charge in [-0.1, -0.05) is 32.6 Å². The van der Waals surface area contributed by atoms with Crippen LogP contribution in [-0.4, -0.2) is 17.3 Å². The number of hydrogen-bond acceptors (Lipinski definition) is 3. The highest BCUT2D eigenvalue weighted by atomic mass is 32.1. The summed E-state index contributed by atoms with van der Waals surface area (Å²) in [5.41, 5.74) is 0. The molecule has 2 nitrogen and oxygen atoms in total. The van der Waals surface area contributed by atoms with E-state index in [1.807, 2.05) is 13.8 Å². The molecule has 17 heavy (non-hydrogen) atoms. The van der Waals surface area contributed by atoms with Crippen molar-refractivity contribution in [3.63, 3.8) is 0 Å². The third-order valence-corrected chi connectivity index (χ3v) is 3.19. The fraction of sp³-hybridized carbons (Fsp3) is 0.929. The quantitative estimate of drug-likeness (QED) is 0.358. The summed E-state index contributed by atoms with van der Waals surface area (Å²) >= 11 is 4.57. The minimum atomic E-state index is -0.0679. The maximum absolute atomic E-state index is 11.3. The molecule has 0 amide bonds. The molecule has 0 fully saturated rings. The fourth-order valence-electron chi connectivity index (χ4n) is 1.75. The molecule has 0 aromatic carbocycles. The molecule has 0 aromatic heterocycles. The number of thiol groups is 1. The maximum Gasteiger partial charge on any atom is 0.306 e. The second kappa shape index (κ2) is 10.9. The monoisotopic (exact) mass is 260 g/mol. The van der Waals surface area contributed by atoms with Gasteiger partial charge in [-0.05, 0) is 33.1 Å². The first-order valence-corrected chi connectivity index (χ1v) is 7.45. The van der Waals surface area contributed by atoms with Gasteiger partial charge in [0.1, 0.15) is 0 Å². The Morgan fingerprint density at radius 3 is 2.24 bits per heavy atom. The van der Waals surface area contributed by atoms with Gasteiger partial charge in [0.25, 0.3) is 0 Å². The van der Waals surface area contributed by atoms with Crippen LogP contribution in [0.25, 0.3) is 0 Å². The van der Waals surface area contributed by atoms with Gasteiger partial charge in [0.05, 0.1) is 6.10 Å². The number of hydrogen-bond donors (Lipinski definition) is 1. The van der Waals surface area contributed by atoms with Crippen LogP contribution in [0.4, 0.5) is 0 Å². The molecule has 3 heteroatoms. The van der Waals surface area contributed by atoms with Gasteiger partial charge < -0.3 is 4.74 Å². The number of ether oxygens (including phenoxy) is 1. The SMILES string of the molecule is CCCCCC(S)CCCCC(=O)OC(C)C. The van der Waals surface area contributed by atoms with E-state index in [9.17, 15) is 4.79 Å². The number of esters is 1. The third kappa shape index (κ3) is 12.1. The van der Waals surface area contributed by atoms with Crippen LogP contribution in [-0.2, 0) is 9.53 Å². The minimum absolute atomic E-state index is 0.00849. The molecule has 0 radical (unpaired) electrons. The summed E-state index contributed by atoms with van der Waals surface area (Å²) in [6.07, 6.45) is 8.72. The van der Waals surface area contributed by atoms with Crippen LogP contribution in [0, 0.1) is 0 Å². The zero-order valence-electron chi connectivity index (χ0n) is 11.6. The molecule has 0 aromatic rings. The highest BCUT2D eigenvalue weighted by molar-refractivity contribution is 7.80. The van der Waals surface area contributed by atoms with E-state index < -0.39 is 0 Å². The first kappa shape index (κ1) is 16.8. The van der Waals surface area contributed by atoms with Crippen LogP contribution < -0.4 is 0 Å². The Hall–Kier alpha value is -0.180. The standard InChI is InChI=1S/C14H28O2S/c1-4-5-6-9-13(17)10-7-8-11-14(15)16-12(2)3/h12-13,17H,4-11H2,1-3H3. The predicted molar refractivity (Wildman–Crippen MR) is 76.6 cm³/mol. The van der Waals surface area contributed by atoms with E-state index in [0.29, 0.717) is 11.7 Å². The Morgan fingerprint density at radius 1 is 1.12 bits per heavy atom. The molecule has 0 aliphatic carbocycles. The van der Waals surface area contributed by atoms with Gasteiger partial charge in [0.2, 0.25) is 0 Å². The van der Waals surface area contributed by atoms with Crippen LogP contribution in [0.5, 0.6) is 0 Å². The van der Waals surface area contributed by atoms with Crippen molar-refractivity contribution < 1.29 is 9.53 Å². The molecule has 0 saturated heterocycles. The van der Waals surface area contributed by atoms with Crippen molar-refractivity contribution in [1.82, 2.24) is 0 Å². The van der Waals surface area contributed by atoms with Crippen LogP contribution in [0.15, 0.2) is 0 Å². The van der Waals surface area contributed by atoms with Gasteiger partial charge in [-0.3, -0.25) is 4.79 Å². The van der Waals surface area contributed by atoms with E-state index in [-0.39, 0.29) is 12.1 Å². The Labute approximate surface area is 112 Å². The van der Waals surface area contributed by atoms with Crippen LogP contribution in [0.3, 0.4) is 0 Å². The van der Waals surface area contributed by atoms with Crippen LogP contribution >= 0.6 is 12.6 Å². The molecule has 102 valence electrons. The van der Waals surface area contributed by atoms with E-state index in [0.717, 1.165) is 19.3 Å². The first-order chi connectivity index (χ1) is 8.06. The Morgan fingerprint density at radius 2 is 1.71 bits per heavy atom. The van der Waals surface area contributed by atoms with Crippen molar-refractivity contribution in [2.24, 2.45) is 0 Å². The number of rotatable bonds is 10. The van der Waals surface area contributed by atoms with E-state index in [2.05, 4.69) is 19.6 Å². The van der Waals surface area contributed by atoms with E-state index >= 15 is 0 Å². The average molecular weight is 260 g/mol. The minimum Gasteiger partial charge on any atom is -0.463 e. The van der Waals surface area contributed by atoms with Crippen molar-refractivity contribution in [1.29, 1.82) is 0 Å². The lowest BCUT2D eigenvalue weighted by Crippen LogP contribution is -2.11. The van der Waals surface area contributed by atoms with Gasteiger partial charge in [0.15, 0.2) is 0 Å². The molecule has 0 spiro atoms. The van der Waals surface area contributed by atoms with E-state index in [1.165, 1.54) is 25.7 Å². The van der Waals surface area contributed by atoms with Gasteiger partial charge in [-0.2, -0.15) is 12.6 Å². The van der Waals surface area contributed by atoms with Crippen LogP contribution in [0.2, 0.25) is 0 Å². The van der Waals surface area contributed by atoms with Crippen molar-refractivity contribution in [2.45, 2.75) is 83.5 Å². The molecular weight excluding hydrogens is 232 g/mol. The fourth-order valence-corrected chi connectivity index (χ4v) is 2.11.